The van der Waals surface area contributed by atoms with Gasteiger partial charge in [0.15, 0.2) is 9.84 Å². The first-order chi connectivity index (χ1) is 7.52. The molecular formula is C11H12FNO2S. The second-order valence-electron chi connectivity index (χ2n) is 3.68. The van der Waals surface area contributed by atoms with E-state index in [4.69, 9.17) is 0 Å². The fraction of sp³-hybridized carbons (Fsp3) is 0.273. The fourth-order valence-electron chi connectivity index (χ4n) is 1.59. The SMILES string of the molecule is CCS(=O)(=O)Cc1cc2cccc(F)c2[nH]1. The maximum Gasteiger partial charge on any atom is 0.155 e. The molecule has 5 heteroatoms. The van der Waals surface area contributed by atoms with Crippen molar-refractivity contribution in [3.05, 3.63) is 35.8 Å². The van der Waals surface area contributed by atoms with Crippen molar-refractivity contribution in [3.8, 4) is 0 Å². The van der Waals surface area contributed by atoms with Crippen LogP contribution in [0.3, 0.4) is 0 Å². The molecule has 86 valence electrons. The van der Waals surface area contributed by atoms with Gasteiger partial charge in [0.25, 0.3) is 0 Å². The van der Waals surface area contributed by atoms with Gasteiger partial charge < -0.3 is 4.98 Å². The minimum Gasteiger partial charge on any atom is -0.355 e. The Morgan fingerprint density at radius 3 is 2.75 bits per heavy atom. The topological polar surface area (TPSA) is 49.9 Å². The highest BCUT2D eigenvalue weighted by Gasteiger charge is 2.12. The van der Waals surface area contributed by atoms with Gasteiger partial charge in [-0.25, -0.2) is 12.8 Å². The molecule has 0 saturated carbocycles. The number of hydrogen-bond acceptors (Lipinski definition) is 2. The second-order valence-corrected chi connectivity index (χ2v) is 6.03. The third-order valence-corrected chi connectivity index (χ3v) is 4.11. The Morgan fingerprint density at radius 1 is 1.38 bits per heavy atom. The lowest BCUT2D eigenvalue weighted by molar-refractivity contribution is 0.596. The molecule has 0 spiro atoms. The zero-order chi connectivity index (χ0) is 11.8. The van der Waals surface area contributed by atoms with Crippen LogP contribution in [0.15, 0.2) is 24.3 Å². The summed E-state index contributed by atoms with van der Waals surface area (Å²) in [5.41, 5.74) is 0.894. The van der Waals surface area contributed by atoms with Crippen LogP contribution in [0.2, 0.25) is 0 Å². The molecule has 0 unspecified atom stereocenters. The summed E-state index contributed by atoms with van der Waals surface area (Å²) in [7, 11) is -3.09. The first-order valence-electron chi connectivity index (χ1n) is 4.98. The Bertz CT molecular complexity index is 616. The molecule has 2 rings (SSSR count). The Hall–Kier alpha value is -1.36. The van der Waals surface area contributed by atoms with Crippen molar-refractivity contribution in [1.29, 1.82) is 0 Å². The molecule has 0 saturated heterocycles. The highest BCUT2D eigenvalue weighted by molar-refractivity contribution is 7.90. The number of nitrogens with one attached hydrogen (secondary N) is 1. The van der Waals surface area contributed by atoms with Gasteiger partial charge in [-0.15, -0.1) is 0 Å². The van der Waals surface area contributed by atoms with Gasteiger partial charge in [0.2, 0.25) is 0 Å². The highest BCUT2D eigenvalue weighted by Crippen LogP contribution is 2.19. The Labute approximate surface area is 93.2 Å². The van der Waals surface area contributed by atoms with E-state index in [0.717, 1.165) is 0 Å². The van der Waals surface area contributed by atoms with Gasteiger partial charge in [0.1, 0.15) is 5.82 Å². The molecule has 1 aromatic carbocycles. The lowest BCUT2D eigenvalue weighted by Gasteiger charge is -1.97. The van der Waals surface area contributed by atoms with E-state index in [9.17, 15) is 12.8 Å². The molecule has 0 aliphatic carbocycles. The van der Waals surface area contributed by atoms with Gasteiger partial charge in [-0.1, -0.05) is 19.1 Å². The predicted molar refractivity (Wildman–Crippen MR) is 61.4 cm³/mol. The number of benzene rings is 1. The first kappa shape index (κ1) is 11.1. The molecule has 1 heterocycles. The zero-order valence-electron chi connectivity index (χ0n) is 8.83. The van der Waals surface area contributed by atoms with Gasteiger partial charge in [-0.2, -0.15) is 0 Å². The van der Waals surface area contributed by atoms with Crippen LogP contribution in [0.25, 0.3) is 10.9 Å². The van der Waals surface area contributed by atoms with E-state index < -0.39 is 9.84 Å². The molecule has 1 aromatic heterocycles. The summed E-state index contributed by atoms with van der Waals surface area (Å²) in [5.74, 6) is -0.347. The summed E-state index contributed by atoms with van der Waals surface area (Å²) in [4.78, 5) is 2.80. The average Bonchev–Trinajstić information content (AvgIpc) is 2.61. The number of rotatable bonds is 3. The number of hydrogen-bond donors (Lipinski definition) is 1. The molecule has 3 nitrogen and oxygen atoms in total. The summed E-state index contributed by atoms with van der Waals surface area (Å²) in [6.07, 6.45) is 0. The van der Waals surface area contributed by atoms with Crippen molar-refractivity contribution < 1.29 is 12.8 Å². The third kappa shape index (κ3) is 2.09. The Morgan fingerprint density at radius 2 is 2.12 bits per heavy atom. The largest absolute Gasteiger partial charge is 0.355 e. The maximum atomic E-state index is 13.3. The number of para-hydroxylation sites is 1. The van der Waals surface area contributed by atoms with Crippen LogP contribution < -0.4 is 0 Å². The van der Waals surface area contributed by atoms with Crippen molar-refractivity contribution in [3.63, 3.8) is 0 Å². The lowest BCUT2D eigenvalue weighted by Crippen LogP contribution is -2.06. The van der Waals surface area contributed by atoms with Crippen LogP contribution in [0.5, 0.6) is 0 Å². The predicted octanol–water partition coefficient (Wildman–Crippen LogP) is 2.24. The number of H-pyrrole nitrogens is 1. The van der Waals surface area contributed by atoms with Crippen molar-refractivity contribution in [2.75, 3.05) is 5.75 Å². The van der Waals surface area contributed by atoms with Gasteiger partial charge >= 0.3 is 0 Å². The van der Waals surface area contributed by atoms with E-state index in [1.165, 1.54) is 6.07 Å². The minimum atomic E-state index is -3.09. The molecule has 0 fully saturated rings. The van der Waals surface area contributed by atoms with E-state index >= 15 is 0 Å². The van der Waals surface area contributed by atoms with E-state index in [1.807, 2.05) is 0 Å². The van der Waals surface area contributed by atoms with Crippen LogP contribution >= 0.6 is 0 Å². The quantitative estimate of drug-likeness (QED) is 0.896. The molecule has 1 N–H and O–H groups in total. The number of halogens is 1. The molecule has 0 bridgehead atoms. The molecule has 0 aliphatic rings. The average molecular weight is 241 g/mol. The van der Waals surface area contributed by atoms with E-state index in [1.54, 1.807) is 25.1 Å². The summed E-state index contributed by atoms with van der Waals surface area (Å²) >= 11 is 0. The van der Waals surface area contributed by atoms with Crippen LogP contribution in [-0.2, 0) is 15.6 Å². The third-order valence-electron chi connectivity index (χ3n) is 2.48. The summed E-state index contributed by atoms with van der Waals surface area (Å²) in [6, 6.07) is 6.36. The number of fused-ring (bicyclic) bond motifs is 1. The number of aromatic nitrogens is 1. The lowest BCUT2D eigenvalue weighted by atomic mass is 10.2. The summed E-state index contributed by atoms with van der Waals surface area (Å²) < 4.78 is 36.2. The monoisotopic (exact) mass is 241 g/mol. The fourth-order valence-corrected chi connectivity index (χ4v) is 2.43. The van der Waals surface area contributed by atoms with Crippen LogP contribution in [-0.4, -0.2) is 19.2 Å². The van der Waals surface area contributed by atoms with Gasteiger partial charge in [-0.3, -0.25) is 0 Å². The van der Waals surface area contributed by atoms with Crippen LogP contribution in [0.1, 0.15) is 12.6 Å². The molecule has 0 amide bonds. The molecule has 0 atom stereocenters. The standard InChI is InChI=1S/C11H12FNO2S/c1-2-16(14,15)7-9-6-8-4-3-5-10(12)11(8)13-9/h3-6,13H,2,7H2,1H3. The van der Waals surface area contributed by atoms with Gasteiger partial charge in [0.05, 0.1) is 11.3 Å². The summed E-state index contributed by atoms with van der Waals surface area (Å²) in [6.45, 7) is 1.60. The van der Waals surface area contributed by atoms with E-state index in [0.29, 0.717) is 16.6 Å². The number of sulfone groups is 1. The van der Waals surface area contributed by atoms with Crippen molar-refractivity contribution in [2.24, 2.45) is 0 Å². The zero-order valence-corrected chi connectivity index (χ0v) is 9.64. The van der Waals surface area contributed by atoms with Gasteiger partial charge in [-0.05, 0) is 12.1 Å². The van der Waals surface area contributed by atoms with Gasteiger partial charge in [0, 0.05) is 16.8 Å². The summed E-state index contributed by atoms with van der Waals surface area (Å²) in [5, 5.41) is 0.696. The molecule has 16 heavy (non-hydrogen) atoms. The molecule has 2 aromatic rings. The Kier molecular flexibility index (Phi) is 2.71. The number of aromatic amines is 1. The molecular weight excluding hydrogens is 229 g/mol. The van der Waals surface area contributed by atoms with Crippen molar-refractivity contribution in [2.45, 2.75) is 12.7 Å². The van der Waals surface area contributed by atoms with E-state index in [-0.39, 0.29) is 17.3 Å². The second kappa shape index (κ2) is 3.90. The maximum absolute atomic E-state index is 13.3. The minimum absolute atomic E-state index is 0.0718. The van der Waals surface area contributed by atoms with Crippen LogP contribution in [0, 0.1) is 5.82 Å². The highest BCUT2D eigenvalue weighted by atomic mass is 32.2. The van der Waals surface area contributed by atoms with Crippen molar-refractivity contribution >= 4 is 20.7 Å². The van der Waals surface area contributed by atoms with Crippen molar-refractivity contribution in [1.82, 2.24) is 4.98 Å². The molecule has 0 aliphatic heterocycles. The first-order valence-corrected chi connectivity index (χ1v) is 6.80. The Balaban J connectivity index is 2.45. The normalized spacial score (nSPS) is 12.1. The van der Waals surface area contributed by atoms with Crippen LogP contribution in [0.4, 0.5) is 4.39 Å². The van der Waals surface area contributed by atoms with E-state index in [2.05, 4.69) is 4.98 Å². The molecule has 0 radical (unpaired) electrons. The smallest absolute Gasteiger partial charge is 0.155 e.